The second kappa shape index (κ2) is 7.21. The van der Waals surface area contributed by atoms with Gasteiger partial charge in [0.25, 0.3) is 0 Å². The number of ether oxygens (including phenoxy) is 1. The molecule has 1 fully saturated rings. The second-order valence-corrected chi connectivity index (χ2v) is 6.30. The lowest BCUT2D eigenvalue weighted by molar-refractivity contribution is -0.385. The first-order valence-electron chi connectivity index (χ1n) is 7.96. The van der Waals surface area contributed by atoms with Crippen LogP contribution in [0.1, 0.15) is 28.8 Å². The summed E-state index contributed by atoms with van der Waals surface area (Å²) in [5.41, 5.74) is -0.480. The molecule has 1 N–H and O–H groups in total. The van der Waals surface area contributed by atoms with Crippen LogP contribution in [-0.4, -0.2) is 24.0 Å². The molecule has 0 atom stereocenters. The molecule has 1 saturated heterocycles. The Morgan fingerprint density at radius 1 is 1.12 bits per heavy atom. The number of nitrogens with zero attached hydrogens (tertiary/aromatic N) is 1. The van der Waals surface area contributed by atoms with Gasteiger partial charge < -0.3 is 10.1 Å². The molecule has 6 nitrogen and oxygen atoms in total. The highest BCUT2D eigenvalue weighted by Crippen LogP contribution is 2.37. The number of halogens is 1. The molecule has 0 bridgehead atoms. The summed E-state index contributed by atoms with van der Waals surface area (Å²) in [7, 11) is 0. The number of nitro groups is 1. The number of hydrogen-bond acceptors (Lipinski definition) is 5. The molecule has 3 rings (SSSR count). The van der Waals surface area contributed by atoms with Gasteiger partial charge in [-0.25, -0.2) is 4.79 Å². The van der Waals surface area contributed by atoms with Gasteiger partial charge in [-0.3, -0.25) is 10.1 Å². The summed E-state index contributed by atoms with van der Waals surface area (Å²) in [6.07, 6.45) is 1.19. The molecule has 0 unspecified atom stereocenters. The predicted molar refractivity (Wildman–Crippen MR) is 93.7 cm³/mol. The number of rotatable bonds is 4. The van der Waals surface area contributed by atoms with Crippen molar-refractivity contribution in [1.29, 1.82) is 0 Å². The number of carbonyl (C=O) groups is 1. The number of nitro benzene ring substituents is 1. The zero-order valence-corrected chi connectivity index (χ0v) is 14.2. The van der Waals surface area contributed by atoms with Crippen LogP contribution in [0.5, 0.6) is 0 Å². The number of para-hydroxylation sites is 1. The third-order valence-electron chi connectivity index (χ3n) is 4.39. The summed E-state index contributed by atoms with van der Waals surface area (Å²) in [5.74, 6) is -0.736. The van der Waals surface area contributed by atoms with Gasteiger partial charge in [-0.1, -0.05) is 48.0 Å². The van der Waals surface area contributed by atoms with Crippen molar-refractivity contribution in [3.8, 4) is 0 Å². The van der Waals surface area contributed by atoms with Gasteiger partial charge >= 0.3 is 11.7 Å². The van der Waals surface area contributed by atoms with E-state index in [-0.39, 0.29) is 10.6 Å². The minimum Gasteiger partial charge on any atom is -0.450 e. The summed E-state index contributed by atoms with van der Waals surface area (Å²) < 4.78 is 5.85. The van der Waals surface area contributed by atoms with Crippen LogP contribution in [0.4, 0.5) is 5.69 Å². The Labute approximate surface area is 149 Å². The van der Waals surface area contributed by atoms with Crippen molar-refractivity contribution in [2.45, 2.75) is 18.4 Å². The van der Waals surface area contributed by atoms with Crippen LogP contribution >= 0.6 is 11.6 Å². The van der Waals surface area contributed by atoms with Crippen molar-refractivity contribution in [2.24, 2.45) is 0 Å². The van der Waals surface area contributed by atoms with Crippen LogP contribution in [0.2, 0.25) is 5.02 Å². The Morgan fingerprint density at radius 2 is 1.80 bits per heavy atom. The van der Waals surface area contributed by atoms with Crippen molar-refractivity contribution in [2.75, 3.05) is 13.1 Å². The predicted octanol–water partition coefficient (Wildman–Crippen LogP) is 3.68. The third kappa shape index (κ3) is 3.50. The van der Waals surface area contributed by atoms with Gasteiger partial charge in [0.1, 0.15) is 16.2 Å². The lowest BCUT2D eigenvalue weighted by Gasteiger charge is -2.37. The van der Waals surface area contributed by atoms with Gasteiger partial charge in [0.05, 0.1) is 4.92 Å². The first kappa shape index (κ1) is 17.4. The maximum absolute atomic E-state index is 12.8. The van der Waals surface area contributed by atoms with Gasteiger partial charge in [-0.2, -0.15) is 0 Å². The molecule has 2 aromatic rings. The summed E-state index contributed by atoms with van der Waals surface area (Å²) in [5, 5.41) is 14.4. The molecule has 1 aliphatic rings. The van der Waals surface area contributed by atoms with Crippen LogP contribution in [0, 0.1) is 10.1 Å². The largest absolute Gasteiger partial charge is 0.450 e. The van der Waals surface area contributed by atoms with Crippen LogP contribution in [-0.2, 0) is 10.3 Å². The smallest absolute Gasteiger partial charge is 0.346 e. The van der Waals surface area contributed by atoms with E-state index in [0.29, 0.717) is 25.9 Å². The maximum Gasteiger partial charge on any atom is 0.346 e. The molecule has 1 aliphatic heterocycles. The summed E-state index contributed by atoms with van der Waals surface area (Å²) in [6.45, 7) is 1.39. The number of esters is 1. The molecule has 1 heterocycles. The number of benzene rings is 2. The van der Waals surface area contributed by atoms with E-state index in [1.807, 2.05) is 30.3 Å². The zero-order chi connectivity index (χ0) is 17.9. The molecule has 0 aromatic heterocycles. The van der Waals surface area contributed by atoms with Crippen molar-refractivity contribution >= 4 is 23.3 Å². The molecule has 0 amide bonds. The summed E-state index contributed by atoms with van der Waals surface area (Å²) in [4.78, 5) is 23.4. The fourth-order valence-corrected chi connectivity index (χ4v) is 3.36. The summed E-state index contributed by atoms with van der Waals surface area (Å²) in [6, 6.07) is 13.7. The molecule has 2 aromatic carbocycles. The van der Waals surface area contributed by atoms with Crippen molar-refractivity contribution in [3.63, 3.8) is 0 Å². The average Bonchev–Trinajstić information content (AvgIpc) is 2.62. The van der Waals surface area contributed by atoms with Gasteiger partial charge in [0.2, 0.25) is 0 Å². The number of carbonyl (C=O) groups excluding carboxylic acids is 1. The van der Waals surface area contributed by atoms with Crippen molar-refractivity contribution in [3.05, 3.63) is 74.8 Å². The molecule has 25 heavy (non-hydrogen) atoms. The van der Waals surface area contributed by atoms with E-state index in [1.54, 1.807) is 0 Å². The minimum atomic E-state index is -0.806. The number of hydrogen-bond donors (Lipinski definition) is 1. The molecule has 0 aliphatic carbocycles. The van der Waals surface area contributed by atoms with Crippen molar-refractivity contribution < 1.29 is 14.5 Å². The Hall–Kier alpha value is -2.44. The average molecular weight is 361 g/mol. The first-order chi connectivity index (χ1) is 12.0. The van der Waals surface area contributed by atoms with Gasteiger partial charge in [0.15, 0.2) is 0 Å². The molecule has 0 saturated carbocycles. The molecular formula is C18H17ClN2O4. The van der Waals surface area contributed by atoms with Crippen molar-refractivity contribution in [1.82, 2.24) is 5.32 Å². The van der Waals surface area contributed by atoms with E-state index < -0.39 is 22.2 Å². The van der Waals surface area contributed by atoms with E-state index in [0.717, 1.165) is 5.56 Å². The van der Waals surface area contributed by atoms with E-state index in [9.17, 15) is 14.9 Å². The standard InChI is InChI=1S/C18H17ClN2O4/c19-15-8-4-7-14(16(15)21(23)24)17(22)25-18(9-11-20-12-10-18)13-5-2-1-3-6-13/h1-8,20H,9-12H2. The molecular weight excluding hydrogens is 344 g/mol. The van der Waals surface area contributed by atoms with Gasteiger partial charge in [-0.05, 0) is 30.8 Å². The van der Waals surface area contributed by atoms with E-state index in [2.05, 4.69) is 5.32 Å². The fraction of sp³-hybridized carbons (Fsp3) is 0.278. The SMILES string of the molecule is O=C(OC1(c2ccccc2)CCNCC1)c1cccc(Cl)c1[N+](=O)[O-]. The second-order valence-electron chi connectivity index (χ2n) is 5.89. The van der Waals surface area contributed by atoms with Crippen LogP contribution in [0.15, 0.2) is 48.5 Å². The van der Waals surface area contributed by atoms with E-state index in [4.69, 9.17) is 16.3 Å². The highest BCUT2D eigenvalue weighted by molar-refractivity contribution is 6.33. The molecule has 0 radical (unpaired) electrons. The molecule has 7 heteroatoms. The van der Waals surface area contributed by atoms with E-state index >= 15 is 0 Å². The highest BCUT2D eigenvalue weighted by atomic mass is 35.5. The maximum atomic E-state index is 12.8. The van der Waals surface area contributed by atoms with Crippen LogP contribution in [0.25, 0.3) is 0 Å². The summed E-state index contributed by atoms with van der Waals surface area (Å²) >= 11 is 5.90. The topological polar surface area (TPSA) is 81.5 Å². The quantitative estimate of drug-likeness (QED) is 0.511. The normalized spacial score (nSPS) is 16.2. The zero-order valence-electron chi connectivity index (χ0n) is 13.4. The lowest BCUT2D eigenvalue weighted by atomic mass is 9.84. The van der Waals surface area contributed by atoms with Gasteiger partial charge in [-0.15, -0.1) is 0 Å². The Morgan fingerprint density at radius 3 is 2.44 bits per heavy atom. The number of piperidine rings is 1. The Kier molecular flexibility index (Phi) is 5.01. The Balaban J connectivity index is 1.98. The lowest BCUT2D eigenvalue weighted by Crippen LogP contribution is -2.43. The van der Waals surface area contributed by atoms with E-state index in [1.165, 1.54) is 18.2 Å². The highest BCUT2D eigenvalue weighted by Gasteiger charge is 2.39. The van der Waals surface area contributed by atoms with Crippen LogP contribution < -0.4 is 5.32 Å². The molecule has 0 spiro atoms. The first-order valence-corrected chi connectivity index (χ1v) is 8.34. The third-order valence-corrected chi connectivity index (χ3v) is 4.69. The fourth-order valence-electron chi connectivity index (χ4n) is 3.12. The Bertz CT molecular complexity index is 789. The monoisotopic (exact) mass is 360 g/mol. The molecule has 130 valence electrons. The minimum absolute atomic E-state index is 0.0847. The number of nitrogens with one attached hydrogen (secondary N) is 1. The van der Waals surface area contributed by atoms with Crippen LogP contribution in [0.3, 0.4) is 0 Å². The van der Waals surface area contributed by atoms with Gasteiger partial charge in [0, 0.05) is 12.8 Å².